The summed E-state index contributed by atoms with van der Waals surface area (Å²) in [5, 5.41) is 22.6. The first-order valence-electron chi connectivity index (χ1n) is 5.60. The quantitative estimate of drug-likeness (QED) is 0.429. The highest BCUT2D eigenvalue weighted by Crippen LogP contribution is 2.28. The fourth-order valence-electron chi connectivity index (χ4n) is 2.14. The van der Waals surface area contributed by atoms with E-state index < -0.39 is 6.09 Å². The Balaban J connectivity index is 2.26. The van der Waals surface area contributed by atoms with Crippen LogP contribution in [-0.4, -0.2) is 35.8 Å². The molecule has 96 valence electrons. The van der Waals surface area contributed by atoms with Gasteiger partial charge in [0.2, 0.25) is 0 Å². The minimum Gasteiger partial charge on any atom is -0.465 e. The minimum atomic E-state index is -1.07. The number of hydrogen-bond donors (Lipinski definition) is 3. The van der Waals surface area contributed by atoms with Crippen molar-refractivity contribution in [2.24, 2.45) is 5.16 Å². The SMILES string of the molecule is O=C(O)NCC1OCCc2c(C=NO)cccc21. The number of hydrogen-bond acceptors (Lipinski definition) is 4. The second-order valence-electron chi connectivity index (χ2n) is 3.96. The molecule has 1 aliphatic heterocycles. The van der Waals surface area contributed by atoms with Crippen LogP contribution >= 0.6 is 0 Å². The van der Waals surface area contributed by atoms with E-state index in [9.17, 15) is 4.79 Å². The third-order valence-electron chi connectivity index (χ3n) is 2.90. The molecule has 1 aromatic carbocycles. The van der Waals surface area contributed by atoms with E-state index >= 15 is 0 Å². The van der Waals surface area contributed by atoms with Crippen LogP contribution in [0.1, 0.15) is 22.8 Å². The molecule has 1 atom stereocenters. The molecule has 1 unspecified atom stereocenters. The molecule has 0 bridgehead atoms. The Morgan fingerprint density at radius 1 is 1.61 bits per heavy atom. The molecule has 0 radical (unpaired) electrons. The van der Waals surface area contributed by atoms with Crippen LogP contribution in [0.15, 0.2) is 23.4 Å². The highest BCUT2D eigenvalue weighted by Gasteiger charge is 2.22. The van der Waals surface area contributed by atoms with Crippen molar-refractivity contribution in [3.05, 3.63) is 34.9 Å². The van der Waals surface area contributed by atoms with Crippen molar-refractivity contribution >= 4 is 12.3 Å². The molecule has 1 heterocycles. The Labute approximate surface area is 104 Å². The largest absolute Gasteiger partial charge is 0.465 e. The van der Waals surface area contributed by atoms with Crippen LogP contribution < -0.4 is 5.32 Å². The number of benzene rings is 1. The predicted octanol–water partition coefficient (Wildman–Crippen LogP) is 1.38. The first-order valence-corrected chi connectivity index (χ1v) is 5.60. The summed E-state index contributed by atoms with van der Waals surface area (Å²) in [6.45, 7) is 0.733. The van der Waals surface area contributed by atoms with E-state index in [0.717, 1.165) is 23.1 Å². The van der Waals surface area contributed by atoms with Crippen molar-refractivity contribution in [1.82, 2.24) is 5.32 Å². The van der Waals surface area contributed by atoms with Gasteiger partial charge in [-0.05, 0) is 23.1 Å². The zero-order valence-corrected chi connectivity index (χ0v) is 9.67. The van der Waals surface area contributed by atoms with Crippen molar-refractivity contribution in [2.45, 2.75) is 12.5 Å². The lowest BCUT2D eigenvalue weighted by molar-refractivity contribution is 0.0426. The Kier molecular flexibility index (Phi) is 3.78. The second kappa shape index (κ2) is 5.50. The van der Waals surface area contributed by atoms with Gasteiger partial charge in [0.15, 0.2) is 0 Å². The van der Waals surface area contributed by atoms with Gasteiger partial charge in [-0.25, -0.2) is 4.79 Å². The van der Waals surface area contributed by atoms with E-state index in [1.54, 1.807) is 0 Å². The third kappa shape index (κ3) is 2.60. The van der Waals surface area contributed by atoms with E-state index in [2.05, 4.69) is 10.5 Å². The predicted molar refractivity (Wildman–Crippen MR) is 64.2 cm³/mol. The summed E-state index contributed by atoms with van der Waals surface area (Å²) in [5.74, 6) is 0. The zero-order chi connectivity index (χ0) is 13.0. The van der Waals surface area contributed by atoms with Crippen LogP contribution in [0.4, 0.5) is 4.79 Å². The molecule has 0 aliphatic carbocycles. The molecule has 2 rings (SSSR count). The summed E-state index contributed by atoms with van der Waals surface area (Å²) in [7, 11) is 0. The van der Waals surface area contributed by atoms with Crippen LogP contribution in [0, 0.1) is 0 Å². The van der Waals surface area contributed by atoms with Gasteiger partial charge >= 0.3 is 6.09 Å². The fraction of sp³-hybridized carbons (Fsp3) is 0.333. The first-order chi connectivity index (χ1) is 8.72. The van der Waals surface area contributed by atoms with Crippen LogP contribution in [0.3, 0.4) is 0 Å². The lowest BCUT2D eigenvalue weighted by Gasteiger charge is -2.27. The maximum absolute atomic E-state index is 10.5. The lowest BCUT2D eigenvalue weighted by atomic mass is 9.93. The van der Waals surface area contributed by atoms with Gasteiger partial charge in [0.25, 0.3) is 0 Å². The summed E-state index contributed by atoms with van der Waals surface area (Å²) in [5.41, 5.74) is 2.81. The summed E-state index contributed by atoms with van der Waals surface area (Å²) >= 11 is 0. The summed E-state index contributed by atoms with van der Waals surface area (Å²) in [4.78, 5) is 10.5. The van der Waals surface area contributed by atoms with E-state index in [-0.39, 0.29) is 12.6 Å². The van der Waals surface area contributed by atoms with Gasteiger partial charge < -0.3 is 20.4 Å². The maximum Gasteiger partial charge on any atom is 0.404 e. The Morgan fingerprint density at radius 2 is 2.44 bits per heavy atom. The Hall–Kier alpha value is -2.08. The van der Waals surface area contributed by atoms with Crippen molar-refractivity contribution in [3.8, 4) is 0 Å². The second-order valence-corrected chi connectivity index (χ2v) is 3.96. The topological polar surface area (TPSA) is 91.2 Å². The lowest BCUT2D eigenvalue weighted by Crippen LogP contribution is -2.31. The normalized spacial score (nSPS) is 18.6. The minimum absolute atomic E-state index is 0.210. The molecule has 1 aromatic rings. The van der Waals surface area contributed by atoms with E-state index in [4.69, 9.17) is 15.1 Å². The van der Waals surface area contributed by atoms with Crippen LogP contribution in [0.2, 0.25) is 0 Å². The van der Waals surface area contributed by atoms with Crippen molar-refractivity contribution in [3.63, 3.8) is 0 Å². The number of carboxylic acid groups (broad SMARTS) is 1. The van der Waals surface area contributed by atoms with Crippen molar-refractivity contribution in [2.75, 3.05) is 13.2 Å². The highest BCUT2D eigenvalue weighted by atomic mass is 16.5. The number of rotatable bonds is 3. The number of nitrogens with zero attached hydrogens (tertiary/aromatic N) is 1. The molecule has 0 saturated heterocycles. The molecule has 0 aromatic heterocycles. The first kappa shape index (κ1) is 12.4. The highest BCUT2D eigenvalue weighted by molar-refractivity contribution is 5.82. The van der Waals surface area contributed by atoms with Gasteiger partial charge in [0, 0.05) is 0 Å². The fourth-order valence-corrected chi connectivity index (χ4v) is 2.14. The molecule has 0 fully saturated rings. The number of nitrogens with one attached hydrogen (secondary N) is 1. The molecule has 18 heavy (non-hydrogen) atoms. The van der Waals surface area contributed by atoms with Gasteiger partial charge in [-0.3, -0.25) is 0 Å². The van der Waals surface area contributed by atoms with Crippen molar-refractivity contribution in [1.29, 1.82) is 0 Å². The standard InChI is InChI=1S/C12H14N2O4/c15-12(16)13-7-11-10-3-1-2-8(6-14-17)9(10)4-5-18-11/h1-3,6,11,13,17H,4-5,7H2,(H,15,16). The molecule has 1 amide bonds. The molecular formula is C12H14N2O4. The number of fused-ring (bicyclic) bond motifs is 1. The van der Waals surface area contributed by atoms with E-state index in [0.29, 0.717) is 6.61 Å². The van der Waals surface area contributed by atoms with Gasteiger partial charge in [-0.15, -0.1) is 0 Å². The van der Waals surface area contributed by atoms with Crippen molar-refractivity contribution < 1.29 is 19.8 Å². The van der Waals surface area contributed by atoms with E-state index in [1.807, 2.05) is 18.2 Å². The molecule has 3 N–H and O–H groups in total. The molecular weight excluding hydrogens is 236 g/mol. The molecule has 1 aliphatic rings. The van der Waals surface area contributed by atoms with Crippen LogP contribution in [-0.2, 0) is 11.2 Å². The number of oxime groups is 1. The summed E-state index contributed by atoms with van der Waals surface area (Å²) < 4.78 is 5.56. The van der Waals surface area contributed by atoms with Crippen LogP contribution in [0.5, 0.6) is 0 Å². The summed E-state index contributed by atoms with van der Waals surface area (Å²) in [6, 6.07) is 5.58. The Bertz CT molecular complexity index is 473. The summed E-state index contributed by atoms with van der Waals surface area (Å²) in [6.07, 6.45) is 0.739. The number of ether oxygens (including phenoxy) is 1. The monoisotopic (exact) mass is 250 g/mol. The average Bonchev–Trinajstić information content (AvgIpc) is 2.37. The average molecular weight is 250 g/mol. The van der Waals surface area contributed by atoms with Gasteiger partial charge in [-0.1, -0.05) is 23.4 Å². The number of carbonyl (C=O) groups is 1. The molecule has 6 nitrogen and oxygen atoms in total. The zero-order valence-electron chi connectivity index (χ0n) is 9.67. The Morgan fingerprint density at radius 3 is 3.17 bits per heavy atom. The molecule has 0 saturated carbocycles. The van der Waals surface area contributed by atoms with Gasteiger partial charge in [0.05, 0.1) is 19.4 Å². The third-order valence-corrected chi connectivity index (χ3v) is 2.90. The maximum atomic E-state index is 10.5. The smallest absolute Gasteiger partial charge is 0.404 e. The molecule has 6 heteroatoms. The van der Waals surface area contributed by atoms with Gasteiger partial charge in [0.1, 0.15) is 6.10 Å². The van der Waals surface area contributed by atoms with Crippen LogP contribution in [0.25, 0.3) is 0 Å². The number of amides is 1. The molecule has 0 spiro atoms. The van der Waals surface area contributed by atoms with Gasteiger partial charge in [-0.2, -0.15) is 0 Å². The van der Waals surface area contributed by atoms with E-state index in [1.165, 1.54) is 6.21 Å².